The maximum atomic E-state index is 11.8. The number of hydrogen-bond donors (Lipinski definition) is 3. The Labute approximate surface area is 128 Å². The lowest BCUT2D eigenvalue weighted by atomic mass is 10.1. The molecule has 0 heterocycles. The van der Waals surface area contributed by atoms with Crippen LogP contribution in [0.2, 0.25) is 5.02 Å². The molecule has 0 spiro atoms. The van der Waals surface area contributed by atoms with E-state index in [1.165, 1.54) is 0 Å². The van der Waals surface area contributed by atoms with Crippen LogP contribution in [-0.2, 0) is 6.42 Å². The highest BCUT2D eigenvalue weighted by atomic mass is 35.5. The Morgan fingerprint density at radius 3 is 2.55 bits per heavy atom. The highest BCUT2D eigenvalue weighted by Gasteiger charge is 2.04. The first-order valence-corrected chi connectivity index (χ1v) is 7.05. The van der Waals surface area contributed by atoms with Crippen LogP contribution in [0.5, 0.6) is 0 Å². The molecule has 0 aromatic heterocycles. The summed E-state index contributed by atoms with van der Waals surface area (Å²) in [5.74, 6) is 0. The fraction of sp³-hybridized carbons (Fsp3) is 0.133. The second kappa shape index (κ2) is 7.22. The number of halogens is 1. The Hall–Kier alpha value is -1.65. The van der Waals surface area contributed by atoms with E-state index in [2.05, 4.69) is 23.3 Å². The number of benzene rings is 2. The number of nitrogens with one attached hydrogen (secondary N) is 2. The largest absolute Gasteiger partial charge is 0.338 e. The van der Waals surface area contributed by atoms with Crippen LogP contribution in [-0.4, -0.2) is 12.6 Å². The summed E-state index contributed by atoms with van der Waals surface area (Å²) < 4.78 is 0. The number of anilines is 1. The molecule has 0 atom stereocenters. The summed E-state index contributed by atoms with van der Waals surface area (Å²) in [5, 5.41) is 6.26. The van der Waals surface area contributed by atoms with E-state index in [9.17, 15) is 4.79 Å². The van der Waals surface area contributed by atoms with Crippen LogP contribution in [0.1, 0.15) is 5.56 Å². The molecule has 0 aliphatic carbocycles. The zero-order chi connectivity index (χ0) is 14.4. The van der Waals surface area contributed by atoms with Crippen molar-refractivity contribution in [2.45, 2.75) is 11.3 Å². The topological polar surface area (TPSA) is 41.1 Å². The molecule has 2 rings (SSSR count). The predicted molar refractivity (Wildman–Crippen MR) is 85.9 cm³/mol. The molecule has 0 aliphatic rings. The van der Waals surface area contributed by atoms with Crippen molar-refractivity contribution in [3.05, 3.63) is 59.1 Å². The van der Waals surface area contributed by atoms with Crippen LogP contribution < -0.4 is 10.6 Å². The van der Waals surface area contributed by atoms with Gasteiger partial charge in [0, 0.05) is 16.5 Å². The summed E-state index contributed by atoms with van der Waals surface area (Å²) in [6.45, 7) is 0.518. The zero-order valence-electron chi connectivity index (χ0n) is 10.8. The summed E-state index contributed by atoms with van der Waals surface area (Å²) in [7, 11) is 0. The van der Waals surface area contributed by atoms with Gasteiger partial charge in [0.25, 0.3) is 0 Å². The minimum absolute atomic E-state index is 0.251. The molecule has 0 saturated heterocycles. The highest BCUT2D eigenvalue weighted by Crippen LogP contribution is 2.18. The van der Waals surface area contributed by atoms with Crippen molar-refractivity contribution in [1.82, 2.24) is 5.32 Å². The van der Waals surface area contributed by atoms with Crippen molar-refractivity contribution >= 4 is 35.9 Å². The second-order valence-corrected chi connectivity index (χ2v) is 5.13. The van der Waals surface area contributed by atoms with Crippen LogP contribution in [0.3, 0.4) is 0 Å². The van der Waals surface area contributed by atoms with Gasteiger partial charge in [0.15, 0.2) is 0 Å². The quantitative estimate of drug-likeness (QED) is 0.734. The maximum Gasteiger partial charge on any atom is 0.319 e. The smallest absolute Gasteiger partial charge is 0.319 e. The summed E-state index contributed by atoms with van der Waals surface area (Å²) in [6, 6.07) is 14.7. The number of amides is 2. The van der Waals surface area contributed by atoms with Crippen molar-refractivity contribution in [1.29, 1.82) is 0 Å². The normalized spacial score (nSPS) is 10.1. The third kappa shape index (κ3) is 4.18. The first kappa shape index (κ1) is 14.8. The minimum atomic E-state index is -0.251. The van der Waals surface area contributed by atoms with E-state index in [1.807, 2.05) is 42.5 Å². The molecule has 0 radical (unpaired) electrons. The lowest BCUT2D eigenvalue weighted by molar-refractivity contribution is 0.252. The third-order valence-corrected chi connectivity index (χ3v) is 3.55. The van der Waals surface area contributed by atoms with Crippen LogP contribution in [0.25, 0.3) is 0 Å². The van der Waals surface area contributed by atoms with Crippen molar-refractivity contribution < 1.29 is 4.79 Å². The Morgan fingerprint density at radius 1 is 1.10 bits per heavy atom. The minimum Gasteiger partial charge on any atom is -0.338 e. The Bertz CT molecular complexity index is 604. The molecule has 0 bridgehead atoms. The average molecular weight is 307 g/mol. The standard InChI is InChI=1S/C15H15ClN2OS/c16-12-6-2-1-5-11(12)9-10-17-15(19)18-13-7-3-4-8-14(13)20/h1-8,20H,9-10H2,(H2,17,18,19). The van der Waals surface area contributed by atoms with E-state index in [0.717, 1.165) is 15.5 Å². The SMILES string of the molecule is O=C(NCCc1ccccc1Cl)Nc1ccccc1S. The first-order chi connectivity index (χ1) is 9.66. The van der Waals surface area contributed by atoms with Crippen LogP contribution in [0.4, 0.5) is 10.5 Å². The van der Waals surface area contributed by atoms with Gasteiger partial charge in [0.2, 0.25) is 0 Å². The molecule has 3 nitrogen and oxygen atoms in total. The van der Waals surface area contributed by atoms with Crippen molar-refractivity contribution in [3.63, 3.8) is 0 Å². The summed E-state index contributed by atoms with van der Waals surface area (Å²) in [6.07, 6.45) is 0.690. The van der Waals surface area contributed by atoms with E-state index >= 15 is 0 Å². The first-order valence-electron chi connectivity index (χ1n) is 6.23. The molecule has 0 saturated carbocycles. The molecule has 2 aromatic rings. The number of hydrogen-bond acceptors (Lipinski definition) is 2. The molecule has 2 N–H and O–H groups in total. The van der Waals surface area contributed by atoms with Gasteiger partial charge in [-0.05, 0) is 30.2 Å². The summed E-state index contributed by atoms with van der Waals surface area (Å²) in [4.78, 5) is 12.5. The Kier molecular flexibility index (Phi) is 5.32. The van der Waals surface area contributed by atoms with E-state index in [1.54, 1.807) is 6.07 Å². The molecule has 20 heavy (non-hydrogen) atoms. The maximum absolute atomic E-state index is 11.8. The summed E-state index contributed by atoms with van der Waals surface area (Å²) in [5.41, 5.74) is 1.70. The number of carbonyl (C=O) groups is 1. The molecule has 0 aliphatic heterocycles. The van der Waals surface area contributed by atoms with Gasteiger partial charge in [0.05, 0.1) is 5.69 Å². The number of thiol groups is 1. The average Bonchev–Trinajstić information content (AvgIpc) is 2.43. The lowest BCUT2D eigenvalue weighted by Gasteiger charge is -2.09. The predicted octanol–water partition coefficient (Wildman–Crippen LogP) is 3.99. The Balaban J connectivity index is 1.82. The number of carbonyl (C=O) groups excluding carboxylic acids is 1. The fourth-order valence-corrected chi connectivity index (χ4v) is 2.20. The molecule has 0 unspecified atom stereocenters. The van der Waals surface area contributed by atoms with Crippen LogP contribution in [0, 0.1) is 0 Å². The van der Waals surface area contributed by atoms with Crippen LogP contribution >= 0.6 is 24.2 Å². The zero-order valence-corrected chi connectivity index (χ0v) is 12.4. The molecular formula is C15H15ClN2OS. The second-order valence-electron chi connectivity index (χ2n) is 4.24. The number of para-hydroxylation sites is 1. The van der Waals surface area contributed by atoms with E-state index in [0.29, 0.717) is 18.7 Å². The third-order valence-electron chi connectivity index (χ3n) is 2.79. The van der Waals surface area contributed by atoms with Crippen molar-refractivity contribution in [2.75, 3.05) is 11.9 Å². The molecule has 104 valence electrons. The Morgan fingerprint density at radius 2 is 1.80 bits per heavy atom. The van der Waals surface area contributed by atoms with Gasteiger partial charge in [-0.3, -0.25) is 0 Å². The van der Waals surface area contributed by atoms with Gasteiger partial charge in [0.1, 0.15) is 0 Å². The fourth-order valence-electron chi connectivity index (χ4n) is 1.76. The molecule has 2 amide bonds. The monoisotopic (exact) mass is 306 g/mol. The molecular weight excluding hydrogens is 292 g/mol. The van der Waals surface area contributed by atoms with E-state index in [-0.39, 0.29) is 6.03 Å². The summed E-state index contributed by atoms with van der Waals surface area (Å²) >= 11 is 10.3. The lowest BCUT2D eigenvalue weighted by Crippen LogP contribution is -2.30. The van der Waals surface area contributed by atoms with E-state index in [4.69, 9.17) is 11.6 Å². The van der Waals surface area contributed by atoms with Crippen molar-refractivity contribution in [3.8, 4) is 0 Å². The van der Waals surface area contributed by atoms with Gasteiger partial charge in [-0.15, -0.1) is 12.6 Å². The van der Waals surface area contributed by atoms with Gasteiger partial charge in [-0.25, -0.2) is 4.79 Å². The van der Waals surface area contributed by atoms with Crippen molar-refractivity contribution in [2.24, 2.45) is 0 Å². The highest BCUT2D eigenvalue weighted by molar-refractivity contribution is 7.80. The number of urea groups is 1. The van der Waals surface area contributed by atoms with E-state index < -0.39 is 0 Å². The number of rotatable bonds is 4. The molecule has 2 aromatic carbocycles. The van der Waals surface area contributed by atoms with Gasteiger partial charge < -0.3 is 10.6 Å². The molecule has 5 heteroatoms. The van der Waals surface area contributed by atoms with Gasteiger partial charge in [-0.2, -0.15) is 0 Å². The van der Waals surface area contributed by atoms with Gasteiger partial charge in [-0.1, -0.05) is 41.9 Å². The van der Waals surface area contributed by atoms with Gasteiger partial charge >= 0.3 is 6.03 Å². The van der Waals surface area contributed by atoms with Crippen LogP contribution in [0.15, 0.2) is 53.4 Å². The molecule has 0 fully saturated rings.